The third-order valence-corrected chi connectivity index (χ3v) is 3.62. The number of carbonyl (C=O) groups is 2. The predicted molar refractivity (Wildman–Crippen MR) is 89.8 cm³/mol. The Morgan fingerprint density at radius 1 is 1.39 bits per heavy atom. The summed E-state index contributed by atoms with van der Waals surface area (Å²) in [4.78, 5) is 23.3. The van der Waals surface area contributed by atoms with Crippen molar-refractivity contribution < 1.29 is 14.7 Å². The summed E-state index contributed by atoms with van der Waals surface area (Å²) in [6, 6.07) is 6.08. The number of rotatable bonds is 6. The first-order valence-electron chi connectivity index (χ1n) is 7.57. The second kappa shape index (κ2) is 7.58. The van der Waals surface area contributed by atoms with Crippen molar-refractivity contribution in [2.24, 2.45) is 5.10 Å². The lowest BCUT2D eigenvalue weighted by molar-refractivity contribution is -0.139. The SMILES string of the molecule is C/C=C/CC(NC(=O)c1ccc(N2CCC(C)=N2)cc1)C(=O)O. The Balaban J connectivity index is 2.03. The van der Waals surface area contributed by atoms with Crippen LogP contribution in [0.5, 0.6) is 0 Å². The van der Waals surface area contributed by atoms with Crippen LogP contribution in [0.1, 0.15) is 37.0 Å². The first kappa shape index (κ1) is 16.7. The summed E-state index contributed by atoms with van der Waals surface area (Å²) < 4.78 is 0. The molecule has 1 unspecified atom stereocenters. The van der Waals surface area contributed by atoms with Gasteiger partial charge in [0.25, 0.3) is 5.91 Å². The van der Waals surface area contributed by atoms with Crippen LogP contribution in [-0.2, 0) is 4.79 Å². The van der Waals surface area contributed by atoms with E-state index in [-0.39, 0.29) is 6.42 Å². The molecule has 1 aromatic carbocycles. The number of carboxylic acids is 1. The summed E-state index contributed by atoms with van der Waals surface area (Å²) in [6.07, 6.45) is 4.68. The number of carbonyl (C=O) groups excluding carboxylic acids is 1. The second-order valence-electron chi connectivity index (χ2n) is 5.42. The van der Waals surface area contributed by atoms with Crippen LogP contribution in [0.15, 0.2) is 41.5 Å². The molecule has 122 valence electrons. The van der Waals surface area contributed by atoms with Gasteiger partial charge >= 0.3 is 5.97 Å². The fourth-order valence-electron chi connectivity index (χ4n) is 2.28. The molecule has 0 fully saturated rings. The van der Waals surface area contributed by atoms with E-state index < -0.39 is 17.9 Å². The maximum Gasteiger partial charge on any atom is 0.326 e. The van der Waals surface area contributed by atoms with Gasteiger partial charge in [-0.25, -0.2) is 4.79 Å². The van der Waals surface area contributed by atoms with Gasteiger partial charge in [-0.3, -0.25) is 9.80 Å². The molecule has 1 amide bonds. The molecule has 0 saturated carbocycles. The third-order valence-electron chi connectivity index (χ3n) is 3.62. The van der Waals surface area contributed by atoms with Gasteiger partial charge in [-0.1, -0.05) is 12.2 Å². The van der Waals surface area contributed by atoms with Crippen LogP contribution in [0.25, 0.3) is 0 Å². The fraction of sp³-hybridized carbons (Fsp3) is 0.353. The maximum atomic E-state index is 12.2. The lowest BCUT2D eigenvalue weighted by Crippen LogP contribution is -2.40. The van der Waals surface area contributed by atoms with Gasteiger partial charge in [0.15, 0.2) is 0 Å². The van der Waals surface area contributed by atoms with E-state index in [2.05, 4.69) is 10.4 Å². The van der Waals surface area contributed by atoms with Gasteiger partial charge < -0.3 is 10.4 Å². The molecule has 6 nitrogen and oxygen atoms in total. The molecule has 1 aromatic rings. The molecule has 0 saturated heterocycles. The molecule has 0 radical (unpaired) electrons. The first-order valence-corrected chi connectivity index (χ1v) is 7.57. The van der Waals surface area contributed by atoms with E-state index in [0.717, 1.165) is 24.4 Å². The summed E-state index contributed by atoms with van der Waals surface area (Å²) in [5.74, 6) is -1.44. The van der Waals surface area contributed by atoms with Gasteiger partial charge in [-0.05, 0) is 44.5 Å². The monoisotopic (exact) mass is 315 g/mol. The van der Waals surface area contributed by atoms with Gasteiger partial charge in [0.2, 0.25) is 0 Å². The van der Waals surface area contributed by atoms with E-state index in [0.29, 0.717) is 5.56 Å². The average molecular weight is 315 g/mol. The minimum atomic E-state index is -1.05. The number of allylic oxidation sites excluding steroid dienone is 1. The highest BCUT2D eigenvalue weighted by atomic mass is 16.4. The van der Waals surface area contributed by atoms with Crippen LogP contribution in [0.2, 0.25) is 0 Å². The van der Waals surface area contributed by atoms with Crippen LogP contribution in [0.3, 0.4) is 0 Å². The third kappa shape index (κ3) is 4.42. The topological polar surface area (TPSA) is 82.0 Å². The van der Waals surface area contributed by atoms with Crippen molar-refractivity contribution >= 4 is 23.3 Å². The largest absolute Gasteiger partial charge is 0.480 e. The number of aliphatic carboxylic acids is 1. The van der Waals surface area contributed by atoms with E-state index in [9.17, 15) is 9.59 Å². The first-order chi connectivity index (χ1) is 11.0. The van der Waals surface area contributed by atoms with E-state index in [4.69, 9.17) is 5.11 Å². The lowest BCUT2D eigenvalue weighted by atomic mass is 10.1. The Labute approximate surface area is 135 Å². The molecule has 1 heterocycles. The Kier molecular flexibility index (Phi) is 5.51. The van der Waals surface area contributed by atoms with Crippen molar-refractivity contribution in [3.63, 3.8) is 0 Å². The van der Waals surface area contributed by atoms with E-state index in [1.54, 1.807) is 24.3 Å². The molecular formula is C17H21N3O3. The summed E-state index contributed by atoms with van der Waals surface area (Å²) in [5, 5.41) is 18.0. The molecule has 1 aliphatic heterocycles. The van der Waals surface area contributed by atoms with Crippen molar-refractivity contribution in [2.45, 2.75) is 32.7 Å². The lowest BCUT2D eigenvalue weighted by Gasteiger charge is -2.15. The molecule has 1 atom stereocenters. The van der Waals surface area contributed by atoms with Gasteiger partial charge in [0.05, 0.1) is 5.69 Å². The summed E-state index contributed by atoms with van der Waals surface area (Å²) in [5.41, 5.74) is 2.43. The maximum absolute atomic E-state index is 12.2. The van der Waals surface area contributed by atoms with Crippen LogP contribution in [-0.4, -0.2) is 35.3 Å². The van der Waals surface area contributed by atoms with Crippen LogP contribution < -0.4 is 10.3 Å². The van der Waals surface area contributed by atoms with Crippen molar-refractivity contribution in [3.05, 3.63) is 42.0 Å². The second-order valence-corrected chi connectivity index (χ2v) is 5.42. The normalized spacial score (nSPS) is 15.6. The number of carboxylic acid groups (broad SMARTS) is 1. The fourth-order valence-corrected chi connectivity index (χ4v) is 2.28. The zero-order chi connectivity index (χ0) is 16.8. The standard InChI is InChI=1S/C17H21N3O3/c1-3-4-5-15(17(22)23)18-16(21)13-6-8-14(9-7-13)20-11-10-12(2)19-20/h3-4,6-9,15H,5,10-11H2,1-2H3,(H,18,21)(H,22,23)/b4-3+. The van der Waals surface area contributed by atoms with Crippen molar-refractivity contribution in [2.75, 3.05) is 11.6 Å². The number of nitrogens with zero attached hydrogens (tertiary/aromatic N) is 2. The minimum absolute atomic E-state index is 0.261. The average Bonchev–Trinajstić information content (AvgIpc) is 2.97. The minimum Gasteiger partial charge on any atom is -0.480 e. The van der Waals surface area contributed by atoms with Gasteiger partial charge in [0, 0.05) is 24.2 Å². The number of benzene rings is 1. The van der Waals surface area contributed by atoms with Crippen molar-refractivity contribution in [1.82, 2.24) is 5.32 Å². The van der Waals surface area contributed by atoms with Crippen LogP contribution >= 0.6 is 0 Å². The molecule has 0 spiro atoms. The molecule has 0 bridgehead atoms. The highest BCUT2D eigenvalue weighted by Gasteiger charge is 2.19. The number of anilines is 1. The van der Waals surface area contributed by atoms with Gasteiger partial charge in [-0.15, -0.1) is 0 Å². The zero-order valence-electron chi connectivity index (χ0n) is 13.3. The number of nitrogens with one attached hydrogen (secondary N) is 1. The Bertz CT molecular complexity index is 635. The van der Waals surface area contributed by atoms with Crippen molar-refractivity contribution in [3.8, 4) is 0 Å². The molecule has 2 N–H and O–H groups in total. The zero-order valence-corrected chi connectivity index (χ0v) is 13.3. The highest BCUT2D eigenvalue weighted by molar-refractivity contribution is 5.97. The molecule has 2 rings (SSSR count). The summed E-state index contributed by atoms with van der Waals surface area (Å²) in [7, 11) is 0. The summed E-state index contributed by atoms with van der Waals surface area (Å²) >= 11 is 0. The molecule has 23 heavy (non-hydrogen) atoms. The Morgan fingerprint density at radius 2 is 2.09 bits per heavy atom. The smallest absolute Gasteiger partial charge is 0.326 e. The Hall–Kier alpha value is -2.63. The van der Waals surface area contributed by atoms with Crippen LogP contribution in [0, 0.1) is 0 Å². The number of amides is 1. The van der Waals surface area contributed by atoms with E-state index in [1.165, 1.54) is 0 Å². The summed E-state index contributed by atoms with van der Waals surface area (Å²) in [6.45, 7) is 4.63. The quantitative estimate of drug-likeness (QED) is 0.790. The number of hydrogen-bond acceptors (Lipinski definition) is 4. The van der Waals surface area contributed by atoms with Crippen LogP contribution in [0.4, 0.5) is 5.69 Å². The highest BCUT2D eigenvalue weighted by Crippen LogP contribution is 2.19. The van der Waals surface area contributed by atoms with Gasteiger partial charge in [-0.2, -0.15) is 5.10 Å². The molecule has 0 aromatic heterocycles. The van der Waals surface area contributed by atoms with Gasteiger partial charge in [0.1, 0.15) is 6.04 Å². The molecular weight excluding hydrogens is 294 g/mol. The van der Waals surface area contributed by atoms with E-state index >= 15 is 0 Å². The predicted octanol–water partition coefficient (Wildman–Crippen LogP) is 2.42. The van der Waals surface area contributed by atoms with Crippen molar-refractivity contribution in [1.29, 1.82) is 0 Å². The molecule has 0 aliphatic carbocycles. The Morgan fingerprint density at radius 3 is 2.61 bits per heavy atom. The molecule has 1 aliphatic rings. The molecule has 6 heteroatoms. The number of hydrogen-bond donors (Lipinski definition) is 2. The van der Waals surface area contributed by atoms with E-state index in [1.807, 2.05) is 31.0 Å². The number of hydrazone groups is 1.